The van der Waals surface area contributed by atoms with Gasteiger partial charge in [-0.3, -0.25) is 0 Å². The van der Waals surface area contributed by atoms with Gasteiger partial charge < -0.3 is 10.1 Å². The van der Waals surface area contributed by atoms with Crippen LogP contribution in [0, 0.1) is 0 Å². The highest BCUT2D eigenvalue weighted by Gasteiger charge is 2.21. The summed E-state index contributed by atoms with van der Waals surface area (Å²) in [5.41, 5.74) is -0.0313. The van der Waals surface area contributed by atoms with Crippen molar-refractivity contribution in [3.05, 3.63) is 11.9 Å². The molecule has 2 heterocycles. The van der Waals surface area contributed by atoms with E-state index in [1.807, 2.05) is 11.8 Å². The van der Waals surface area contributed by atoms with Gasteiger partial charge in [-0.1, -0.05) is 20.8 Å². The molecule has 0 amide bonds. The lowest BCUT2D eigenvalue weighted by atomic mass is 9.96. The summed E-state index contributed by atoms with van der Waals surface area (Å²) >= 11 is 1.86. The average molecular weight is 295 g/mol. The van der Waals surface area contributed by atoms with Crippen LogP contribution in [0.2, 0.25) is 0 Å². The Labute approximate surface area is 126 Å². The van der Waals surface area contributed by atoms with Gasteiger partial charge in [0.25, 0.3) is 0 Å². The highest BCUT2D eigenvalue weighted by molar-refractivity contribution is 7.99. The molecule has 2 rings (SSSR count). The molecule has 1 saturated heterocycles. The zero-order valence-corrected chi connectivity index (χ0v) is 13.7. The van der Waals surface area contributed by atoms with Crippen molar-refractivity contribution >= 4 is 17.6 Å². The van der Waals surface area contributed by atoms with Crippen LogP contribution >= 0.6 is 11.8 Å². The lowest BCUT2D eigenvalue weighted by molar-refractivity contribution is 0.1000. The molecule has 1 N–H and O–H groups in total. The van der Waals surface area contributed by atoms with E-state index in [2.05, 4.69) is 44.1 Å². The number of ether oxygens (including phenoxy) is 1. The second-order valence-corrected chi connectivity index (χ2v) is 7.45. The molecule has 0 spiro atoms. The van der Waals surface area contributed by atoms with Gasteiger partial charge in [0, 0.05) is 36.5 Å². The highest BCUT2D eigenvalue weighted by Crippen LogP contribution is 2.31. The number of anilines is 1. The minimum Gasteiger partial charge on any atom is -0.381 e. The third-order valence-corrected chi connectivity index (χ3v) is 4.44. The standard InChI is InChI=1S/C15H25N3OS/c1-5-16-12-10-13(18-14(17-12)15(2,3)4)20-11-6-8-19-9-7-11/h10-11H,5-9H2,1-4H3,(H,16,17,18). The van der Waals surface area contributed by atoms with Gasteiger partial charge in [-0.2, -0.15) is 0 Å². The van der Waals surface area contributed by atoms with Crippen molar-refractivity contribution < 1.29 is 4.74 Å². The number of hydrogen-bond donors (Lipinski definition) is 1. The molecule has 1 aliphatic heterocycles. The lowest BCUT2D eigenvalue weighted by Gasteiger charge is -2.23. The van der Waals surface area contributed by atoms with E-state index in [-0.39, 0.29) is 5.41 Å². The molecule has 0 atom stereocenters. The van der Waals surface area contributed by atoms with Crippen LogP contribution in [0.5, 0.6) is 0 Å². The lowest BCUT2D eigenvalue weighted by Crippen LogP contribution is -2.20. The van der Waals surface area contributed by atoms with Gasteiger partial charge in [0.05, 0.1) is 0 Å². The van der Waals surface area contributed by atoms with Crippen LogP contribution in [-0.2, 0) is 10.2 Å². The van der Waals surface area contributed by atoms with E-state index in [0.29, 0.717) is 5.25 Å². The normalized spacial score (nSPS) is 17.2. The Bertz CT molecular complexity index is 439. The van der Waals surface area contributed by atoms with Crippen LogP contribution in [0.4, 0.5) is 5.82 Å². The second-order valence-electron chi connectivity index (χ2n) is 6.12. The largest absolute Gasteiger partial charge is 0.381 e. The second kappa shape index (κ2) is 6.76. The van der Waals surface area contributed by atoms with Crippen molar-refractivity contribution in [3.8, 4) is 0 Å². The summed E-state index contributed by atoms with van der Waals surface area (Å²) in [4.78, 5) is 9.38. The molecule has 0 aliphatic carbocycles. The molecule has 112 valence electrons. The van der Waals surface area contributed by atoms with Crippen LogP contribution in [0.1, 0.15) is 46.4 Å². The molecule has 0 radical (unpaired) electrons. The van der Waals surface area contributed by atoms with E-state index in [1.54, 1.807) is 0 Å². The van der Waals surface area contributed by atoms with Gasteiger partial charge in [-0.05, 0) is 19.8 Å². The van der Waals surface area contributed by atoms with Crippen LogP contribution < -0.4 is 5.32 Å². The van der Waals surface area contributed by atoms with Gasteiger partial charge in [0.1, 0.15) is 16.7 Å². The number of nitrogens with zero attached hydrogens (tertiary/aromatic N) is 2. The number of rotatable bonds is 4. The first-order chi connectivity index (χ1) is 9.49. The third kappa shape index (κ3) is 4.35. The van der Waals surface area contributed by atoms with Crippen LogP contribution in [0.15, 0.2) is 11.1 Å². The van der Waals surface area contributed by atoms with Gasteiger partial charge >= 0.3 is 0 Å². The Kier molecular flexibility index (Phi) is 5.27. The third-order valence-electron chi connectivity index (χ3n) is 3.19. The van der Waals surface area contributed by atoms with E-state index in [1.165, 1.54) is 0 Å². The Morgan fingerprint density at radius 2 is 2.00 bits per heavy atom. The van der Waals surface area contributed by atoms with E-state index >= 15 is 0 Å². The summed E-state index contributed by atoms with van der Waals surface area (Å²) in [5, 5.41) is 5.00. The molecular formula is C15H25N3OS. The average Bonchev–Trinajstić information content (AvgIpc) is 2.39. The van der Waals surface area contributed by atoms with Crippen molar-refractivity contribution in [3.63, 3.8) is 0 Å². The topological polar surface area (TPSA) is 47.0 Å². The molecule has 0 bridgehead atoms. The summed E-state index contributed by atoms with van der Waals surface area (Å²) in [7, 11) is 0. The molecule has 4 nitrogen and oxygen atoms in total. The number of aromatic nitrogens is 2. The van der Waals surface area contributed by atoms with Crippen molar-refractivity contribution in [2.24, 2.45) is 0 Å². The quantitative estimate of drug-likeness (QED) is 0.862. The van der Waals surface area contributed by atoms with Crippen LogP contribution in [0.3, 0.4) is 0 Å². The SMILES string of the molecule is CCNc1cc(SC2CCOCC2)nc(C(C)(C)C)n1. The minimum atomic E-state index is -0.0313. The van der Waals surface area contributed by atoms with E-state index < -0.39 is 0 Å². The fourth-order valence-electron chi connectivity index (χ4n) is 2.06. The molecule has 0 saturated carbocycles. The first-order valence-corrected chi connectivity index (χ1v) is 8.25. The maximum absolute atomic E-state index is 5.42. The summed E-state index contributed by atoms with van der Waals surface area (Å²) in [6, 6.07) is 2.07. The Hall–Kier alpha value is -0.810. The zero-order chi connectivity index (χ0) is 14.6. The van der Waals surface area contributed by atoms with Gasteiger partial charge in [0.2, 0.25) is 0 Å². The predicted octanol–water partition coefficient (Wildman–Crippen LogP) is 3.48. The van der Waals surface area contributed by atoms with Crippen molar-refractivity contribution in [2.45, 2.75) is 56.2 Å². The maximum atomic E-state index is 5.42. The van der Waals surface area contributed by atoms with Crippen LogP contribution in [0.25, 0.3) is 0 Å². The van der Waals surface area contributed by atoms with E-state index in [9.17, 15) is 0 Å². The van der Waals surface area contributed by atoms with Crippen molar-refractivity contribution in [1.82, 2.24) is 9.97 Å². The number of hydrogen-bond acceptors (Lipinski definition) is 5. The molecule has 20 heavy (non-hydrogen) atoms. The smallest absolute Gasteiger partial charge is 0.137 e. The Balaban J connectivity index is 2.19. The summed E-state index contributed by atoms with van der Waals surface area (Å²) < 4.78 is 5.42. The van der Waals surface area contributed by atoms with Crippen molar-refractivity contribution in [1.29, 1.82) is 0 Å². The fraction of sp³-hybridized carbons (Fsp3) is 0.733. The number of thioether (sulfide) groups is 1. The van der Waals surface area contributed by atoms with Crippen LogP contribution in [-0.4, -0.2) is 35.0 Å². The molecule has 0 aromatic carbocycles. The maximum Gasteiger partial charge on any atom is 0.137 e. The predicted molar refractivity (Wildman–Crippen MR) is 84.6 cm³/mol. The molecule has 1 aromatic heterocycles. The molecule has 5 heteroatoms. The van der Waals surface area contributed by atoms with Gasteiger partial charge in [-0.25, -0.2) is 9.97 Å². The Morgan fingerprint density at radius 3 is 2.60 bits per heavy atom. The van der Waals surface area contributed by atoms with Gasteiger partial charge in [-0.15, -0.1) is 11.8 Å². The first kappa shape index (κ1) is 15.6. The van der Waals surface area contributed by atoms with E-state index in [0.717, 1.165) is 49.3 Å². The minimum absolute atomic E-state index is 0.0313. The van der Waals surface area contributed by atoms with E-state index in [4.69, 9.17) is 9.72 Å². The highest BCUT2D eigenvalue weighted by atomic mass is 32.2. The molecule has 1 fully saturated rings. The molecule has 1 aliphatic rings. The Morgan fingerprint density at radius 1 is 1.30 bits per heavy atom. The first-order valence-electron chi connectivity index (χ1n) is 7.37. The molecule has 0 unspecified atom stereocenters. The van der Waals surface area contributed by atoms with Crippen molar-refractivity contribution in [2.75, 3.05) is 25.1 Å². The molecular weight excluding hydrogens is 270 g/mol. The van der Waals surface area contributed by atoms with Gasteiger partial charge in [0.15, 0.2) is 0 Å². The summed E-state index contributed by atoms with van der Waals surface area (Å²) in [6.45, 7) is 11.2. The molecule has 1 aromatic rings. The monoisotopic (exact) mass is 295 g/mol. The fourth-order valence-corrected chi connectivity index (χ4v) is 3.15. The number of nitrogens with one attached hydrogen (secondary N) is 1. The summed E-state index contributed by atoms with van der Waals surface area (Å²) in [6.07, 6.45) is 2.21. The summed E-state index contributed by atoms with van der Waals surface area (Å²) in [5.74, 6) is 1.84. The zero-order valence-electron chi connectivity index (χ0n) is 12.9.